The zero-order valence-corrected chi connectivity index (χ0v) is 11.8. The average Bonchev–Trinajstić information content (AvgIpc) is 3.03. The first kappa shape index (κ1) is 14.3. The van der Waals surface area contributed by atoms with Crippen molar-refractivity contribution in [2.24, 2.45) is 5.10 Å². The van der Waals surface area contributed by atoms with Gasteiger partial charge in [-0.3, -0.25) is 15.1 Å². The van der Waals surface area contributed by atoms with Crippen LogP contribution in [0.15, 0.2) is 45.9 Å². The summed E-state index contributed by atoms with van der Waals surface area (Å²) < 4.78 is 10.9. The highest BCUT2D eigenvalue weighted by atomic mass is 16.6. The number of morpholine rings is 1. The van der Waals surface area contributed by atoms with Gasteiger partial charge in [-0.1, -0.05) is 12.1 Å². The second-order valence-corrected chi connectivity index (χ2v) is 4.82. The molecule has 3 rings (SSSR count). The molecule has 7 nitrogen and oxygen atoms in total. The largest absolute Gasteiger partial charge is 0.455 e. The van der Waals surface area contributed by atoms with Gasteiger partial charge in [0.2, 0.25) is 0 Å². The molecule has 1 aromatic heterocycles. The van der Waals surface area contributed by atoms with E-state index in [1.807, 2.05) is 5.01 Å². The number of rotatable bonds is 4. The molecule has 0 amide bonds. The third-order valence-corrected chi connectivity index (χ3v) is 3.30. The number of nitro groups is 1. The second kappa shape index (κ2) is 6.40. The Balaban J connectivity index is 1.74. The lowest BCUT2D eigenvalue weighted by molar-refractivity contribution is -0.384. The van der Waals surface area contributed by atoms with Crippen molar-refractivity contribution in [2.45, 2.75) is 0 Å². The molecule has 0 N–H and O–H groups in total. The monoisotopic (exact) mass is 301 g/mol. The van der Waals surface area contributed by atoms with E-state index < -0.39 is 4.92 Å². The van der Waals surface area contributed by atoms with E-state index in [1.165, 1.54) is 12.1 Å². The molecular formula is C15H15N3O4. The van der Waals surface area contributed by atoms with Gasteiger partial charge in [0.25, 0.3) is 5.69 Å². The van der Waals surface area contributed by atoms with Crippen LogP contribution in [0.25, 0.3) is 11.3 Å². The number of benzene rings is 1. The molecule has 1 saturated heterocycles. The topological polar surface area (TPSA) is 81.1 Å². The van der Waals surface area contributed by atoms with Crippen LogP contribution >= 0.6 is 0 Å². The fraction of sp³-hybridized carbons (Fsp3) is 0.267. The van der Waals surface area contributed by atoms with Crippen molar-refractivity contribution >= 4 is 11.9 Å². The summed E-state index contributed by atoms with van der Waals surface area (Å²) in [7, 11) is 0. The molecule has 1 fully saturated rings. The summed E-state index contributed by atoms with van der Waals surface area (Å²) in [5, 5.41) is 17.1. The predicted octanol–water partition coefficient (Wildman–Crippen LogP) is 2.52. The maximum atomic E-state index is 10.8. The van der Waals surface area contributed by atoms with Gasteiger partial charge in [-0.2, -0.15) is 5.10 Å². The van der Waals surface area contributed by atoms with Crippen molar-refractivity contribution in [3.8, 4) is 11.3 Å². The zero-order chi connectivity index (χ0) is 15.4. The van der Waals surface area contributed by atoms with E-state index in [4.69, 9.17) is 9.15 Å². The van der Waals surface area contributed by atoms with Crippen molar-refractivity contribution in [1.82, 2.24) is 5.01 Å². The smallest absolute Gasteiger partial charge is 0.270 e. The van der Waals surface area contributed by atoms with E-state index in [9.17, 15) is 10.1 Å². The number of hydrogen-bond donors (Lipinski definition) is 0. The molecule has 114 valence electrons. The average molecular weight is 301 g/mol. The minimum absolute atomic E-state index is 0.0393. The second-order valence-electron chi connectivity index (χ2n) is 4.82. The highest BCUT2D eigenvalue weighted by molar-refractivity contribution is 5.77. The first-order chi connectivity index (χ1) is 10.7. The summed E-state index contributed by atoms with van der Waals surface area (Å²) in [6, 6.07) is 9.92. The molecule has 0 spiro atoms. The zero-order valence-electron chi connectivity index (χ0n) is 11.8. The van der Waals surface area contributed by atoms with E-state index >= 15 is 0 Å². The lowest BCUT2D eigenvalue weighted by atomic mass is 10.1. The van der Waals surface area contributed by atoms with Gasteiger partial charge in [0.05, 0.1) is 37.4 Å². The fourth-order valence-corrected chi connectivity index (χ4v) is 2.16. The summed E-state index contributed by atoms with van der Waals surface area (Å²) in [5.41, 5.74) is 0.706. The Morgan fingerprint density at radius 2 is 2.05 bits per heavy atom. The molecule has 1 aliphatic rings. The van der Waals surface area contributed by atoms with Gasteiger partial charge < -0.3 is 9.15 Å². The Kier molecular flexibility index (Phi) is 4.15. The molecule has 1 aromatic carbocycles. The minimum Gasteiger partial charge on any atom is -0.455 e. The Bertz CT molecular complexity index is 690. The van der Waals surface area contributed by atoms with Crippen LogP contribution in [0.5, 0.6) is 0 Å². The quantitative estimate of drug-likeness (QED) is 0.492. The number of nitrogens with zero attached hydrogens (tertiary/aromatic N) is 3. The molecule has 0 unspecified atom stereocenters. The molecule has 0 saturated carbocycles. The Morgan fingerprint density at radius 1 is 1.23 bits per heavy atom. The van der Waals surface area contributed by atoms with Crippen molar-refractivity contribution in [3.63, 3.8) is 0 Å². The van der Waals surface area contributed by atoms with Crippen LogP contribution in [0.1, 0.15) is 5.76 Å². The normalized spacial score (nSPS) is 15.4. The molecule has 2 aromatic rings. The lowest BCUT2D eigenvalue weighted by Crippen LogP contribution is -2.32. The van der Waals surface area contributed by atoms with Gasteiger partial charge in [-0.25, -0.2) is 0 Å². The van der Waals surface area contributed by atoms with Crippen molar-refractivity contribution in [1.29, 1.82) is 0 Å². The summed E-state index contributed by atoms with van der Waals surface area (Å²) in [6.07, 6.45) is 1.65. The molecule has 0 radical (unpaired) electrons. The molecule has 22 heavy (non-hydrogen) atoms. The van der Waals surface area contributed by atoms with Crippen LogP contribution in [0.4, 0.5) is 5.69 Å². The SMILES string of the molecule is O=[N+]([O-])c1cccc(-c2ccc(/C=N/N3CCOCC3)o2)c1. The Morgan fingerprint density at radius 3 is 2.82 bits per heavy atom. The van der Waals surface area contributed by atoms with Gasteiger partial charge in [-0.05, 0) is 12.1 Å². The van der Waals surface area contributed by atoms with Crippen LogP contribution < -0.4 is 0 Å². The number of nitro benzene ring substituents is 1. The third-order valence-electron chi connectivity index (χ3n) is 3.30. The maximum absolute atomic E-state index is 10.8. The maximum Gasteiger partial charge on any atom is 0.270 e. The minimum atomic E-state index is -0.423. The van der Waals surface area contributed by atoms with E-state index in [0.717, 1.165) is 13.1 Å². The van der Waals surface area contributed by atoms with Gasteiger partial charge in [-0.15, -0.1) is 0 Å². The van der Waals surface area contributed by atoms with Gasteiger partial charge in [0.1, 0.15) is 11.5 Å². The van der Waals surface area contributed by atoms with Gasteiger partial charge in [0.15, 0.2) is 0 Å². The lowest BCUT2D eigenvalue weighted by Gasteiger charge is -2.23. The van der Waals surface area contributed by atoms with E-state index in [0.29, 0.717) is 30.3 Å². The van der Waals surface area contributed by atoms with Crippen LogP contribution in [0.2, 0.25) is 0 Å². The standard InChI is InChI=1S/C15H15N3O4/c19-18(20)13-3-1-2-12(10-13)15-5-4-14(22-15)11-16-17-6-8-21-9-7-17/h1-5,10-11H,6-9H2/b16-11+. The fourth-order valence-electron chi connectivity index (χ4n) is 2.16. The van der Waals surface area contributed by atoms with Gasteiger partial charge >= 0.3 is 0 Å². The highest BCUT2D eigenvalue weighted by Crippen LogP contribution is 2.25. The first-order valence-corrected chi connectivity index (χ1v) is 6.94. The third kappa shape index (κ3) is 3.32. The molecule has 7 heteroatoms. The predicted molar refractivity (Wildman–Crippen MR) is 80.8 cm³/mol. The number of non-ortho nitro benzene ring substituents is 1. The molecule has 0 atom stereocenters. The summed E-state index contributed by atoms with van der Waals surface area (Å²) in [5.74, 6) is 1.18. The number of furan rings is 1. The summed E-state index contributed by atoms with van der Waals surface area (Å²) in [6.45, 7) is 2.87. The molecule has 1 aliphatic heterocycles. The Hall–Kier alpha value is -2.67. The molecular weight excluding hydrogens is 286 g/mol. The van der Waals surface area contributed by atoms with Crippen LogP contribution in [0, 0.1) is 10.1 Å². The van der Waals surface area contributed by atoms with E-state index in [1.54, 1.807) is 30.5 Å². The molecule has 0 bridgehead atoms. The molecule has 0 aliphatic carbocycles. The van der Waals surface area contributed by atoms with Crippen LogP contribution in [-0.2, 0) is 4.74 Å². The van der Waals surface area contributed by atoms with E-state index in [2.05, 4.69) is 5.10 Å². The van der Waals surface area contributed by atoms with Crippen molar-refractivity contribution in [3.05, 3.63) is 52.3 Å². The number of hydrazone groups is 1. The van der Waals surface area contributed by atoms with Crippen molar-refractivity contribution in [2.75, 3.05) is 26.3 Å². The number of hydrogen-bond acceptors (Lipinski definition) is 6. The van der Waals surface area contributed by atoms with Crippen molar-refractivity contribution < 1.29 is 14.1 Å². The van der Waals surface area contributed by atoms with E-state index in [-0.39, 0.29) is 5.69 Å². The number of ether oxygens (including phenoxy) is 1. The Labute approximate surface area is 126 Å². The van der Waals surface area contributed by atoms with Crippen LogP contribution in [0.3, 0.4) is 0 Å². The summed E-state index contributed by atoms with van der Waals surface area (Å²) >= 11 is 0. The first-order valence-electron chi connectivity index (χ1n) is 6.94. The summed E-state index contributed by atoms with van der Waals surface area (Å²) in [4.78, 5) is 10.4. The highest BCUT2D eigenvalue weighted by Gasteiger charge is 2.10. The van der Waals surface area contributed by atoms with Crippen LogP contribution in [-0.4, -0.2) is 42.5 Å². The van der Waals surface area contributed by atoms with Gasteiger partial charge in [0, 0.05) is 17.7 Å². The molecule has 2 heterocycles.